The fourth-order valence-corrected chi connectivity index (χ4v) is 2.59. The average Bonchev–Trinajstić information content (AvgIpc) is 2.33. The smallest absolute Gasteiger partial charge is 0.165 e. The van der Waals surface area contributed by atoms with E-state index < -0.39 is 5.82 Å². The van der Waals surface area contributed by atoms with Crippen molar-refractivity contribution in [1.29, 1.82) is 0 Å². The molecule has 0 amide bonds. The summed E-state index contributed by atoms with van der Waals surface area (Å²) >= 11 is 5.69. The monoisotopic (exact) mass is 254 g/mol. The molecule has 1 saturated carbocycles. The zero-order chi connectivity index (χ0) is 12.4. The summed E-state index contributed by atoms with van der Waals surface area (Å²) in [6.45, 7) is 2.22. The Morgan fingerprint density at radius 3 is 2.53 bits per heavy atom. The van der Waals surface area contributed by atoms with Crippen LogP contribution in [0.4, 0.5) is 4.39 Å². The Labute approximate surface area is 106 Å². The standard InChI is InChI=1S/C14H16ClFO/c1-9-2-4-10(5-3-9)14(17)11-6-7-13(16)12(15)8-11/h6-10H,2-5H2,1H3. The molecule has 0 aromatic heterocycles. The average molecular weight is 255 g/mol. The first-order valence-corrected chi connectivity index (χ1v) is 6.45. The third-order valence-electron chi connectivity index (χ3n) is 3.59. The molecule has 1 aromatic carbocycles. The van der Waals surface area contributed by atoms with Gasteiger partial charge in [0, 0.05) is 11.5 Å². The molecule has 0 unspecified atom stereocenters. The maximum Gasteiger partial charge on any atom is 0.165 e. The second-order valence-electron chi connectivity index (χ2n) is 4.95. The van der Waals surface area contributed by atoms with Crippen molar-refractivity contribution in [3.8, 4) is 0 Å². The zero-order valence-corrected chi connectivity index (χ0v) is 10.6. The van der Waals surface area contributed by atoms with Crippen LogP contribution in [-0.2, 0) is 0 Å². The van der Waals surface area contributed by atoms with Gasteiger partial charge in [0.25, 0.3) is 0 Å². The lowest BCUT2D eigenvalue weighted by molar-refractivity contribution is 0.0875. The Morgan fingerprint density at radius 1 is 1.29 bits per heavy atom. The molecule has 2 rings (SSSR count). The maximum atomic E-state index is 13.0. The number of rotatable bonds is 2. The third-order valence-corrected chi connectivity index (χ3v) is 3.88. The Bertz CT molecular complexity index is 422. The van der Waals surface area contributed by atoms with E-state index in [-0.39, 0.29) is 16.7 Å². The van der Waals surface area contributed by atoms with Gasteiger partial charge in [0.1, 0.15) is 5.82 Å². The van der Waals surface area contributed by atoms with Gasteiger partial charge in [-0.25, -0.2) is 4.39 Å². The lowest BCUT2D eigenvalue weighted by Crippen LogP contribution is -2.21. The van der Waals surface area contributed by atoms with E-state index in [4.69, 9.17) is 11.6 Å². The number of hydrogen-bond donors (Lipinski definition) is 0. The summed E-state index contributed by atoms with van der Waals surface area (Å²) in [4.78, 5) is 12.2. The summed E-state index contributed by atoms with van der Waals surface area (Å²) in [7, 11) is 0. The first-order chi connectivity index (χ1) is 8.08. The number of hydrogen-bond acceptors (Lipinski definition) is 1. The molecule has 1 aliphatic rings. The Balaban J connectivity index is 2.11. The van der Waals surface area contributed by atoms with Crippen LogP contribution >= 0.6 is 11.6 Å². The highest BCUT2D eigenvalue weighted by atomic mass is 35.5. The van der Waals surface area contributed by atoms with Crippen LogP contribution in [0.5, 0.6) is 0 Å². The fraction of sp³-hybridized carbons (Fsp3) is 0.500. The number of Topliss-reactive ketones (excluding diaryl/α,β-unsaturated/α-hetero) is 1. The number of ketones is 1. The van der Waals surface area contributed by atoms with Crippen molar-refractivity contribution in [2.24, 2.45) is 11.8 Å². The van der Waals surface area contributed by atoms with Gasteiger partial charge in [0.2, 0.25) is 0 Å². The van der Waals surface area contributed by atoms with Gasteiger partial charge in [-0.2, -0.15) is 0 Å². The largest absolute Gasteiger partial charge is 0.294 e. The van der Waals surface area contributed by atoms with E-state index in [1.54, 1.807) is 0 Å². The summed E-state index contributed by atoms with van der Waals surface area (Å²) < 4.78 is 13.0. The number of carbonyl (C=O) groups excluding carboxylic acids is 1. The molecule has 0 saturated heterocycles. The molecule has 0 aliphatic heterocycles. The van der Waals surface area contributed by atoms with Gasteiger partial charge in [-0.3, -0.25) is 4.79 Å². The van der Waals surface area contributed by atoms with E-state index in [1.165, 1.54) is 18.2 Å². The number of halogens is 2. The molecular weight excluding hydrogens is 239 g/mol. The zero-order valence-electron chi connectivity index (χ0n) is 9.88. The van der Waals surface area contributed by atoms with Gasteiger partial charge < -0.3 is 0 Å². The van der Waals surface area contributed by atoms with Crippen LogP contribution in [0.2, 0.25) is 5.02 Å². The van der Waals surface area contributed by atoms with Crippen LogP contribution in [0.3, 0.4) is 0 Å². The second kappa shape index (κ2) is 5.18. The van der Waals surface area contributed by atoms with Gasteiger partial charge in [-0.15, -0.1) is 0 Å². The molecule has 0 N–H and O–H groups in total. The molecule has 3 heteroatoms. The van der Waals surface area contributed by atoms with Crippen molar-refractivity contribution in [2.45, 2.75) is 32.6 Å². The van der Waals surface area contributed by atoms with Gasteiger partial charge >= 0.3 is 0 Å². The predicted molar refractivity (Wildman–Crippen MR) is 66.9 cm³/mol. The first-order valence-electron chi connectivity index (χ1n) is 6.07. The van der Waals surface area contributed by atoms with Crippen molar-refractivity contribution >= 4 is 17.4 Å². The molecule has 0 spiro atoms. The van der Waals surface area contributed by atoms with Gasteiger partial charge in [0.15, 0.2) is 5.78 Å². The summed E-state index contributed by atoms with van der Waals surface area (Å²) in [6.07, 6.45) is 4.08. The third kappa shape index (κ3) is 2.86. The van der Waals surface area contributed by atoms with Crippen LogP contribution in [0.25, 0.3) is 0 Å². The predicted octanol–water partition coefficient (Wildman–Crippen LogP) is 4.49. The summed E-state index contributed by atoms with van der Waals surface area (Å²) in [5.41, 5.74) is 0.538. The highest BCUT2D eigenvalue weighted by Gasteiger charge is 2.25. The van der Waals surface area contributed by atoms with Crippen molar-refractivity contribution < 1.29 is 9.18 Å². The van der Waals surface area contributed by atoms with E-state index in [0.717, 1.165) is 31.6 Å². The molecule has 17 heavy (non-hydrogen) atoms. The Hall–Kier alpha value is -0.890. The molecule has 1 nitrogen and oxygen atoms in total. The molecule has 1 aromatic rings. The minimum atomic E-state index is -0.472. The van der Waals surface area contributed by atoms with E-state index >= 15 is 0 Å². The quantitative estimate of drug-likeness (QED) is 0.711. The molecular formula is C14H16ClFO. The Morgan fingerprint density at radius 2 is 1.94 bits per heavy atom. The molecule has 0 bridgehead atoms. The topological polar surface area (TPSA) is 17.1 Å². The Kier molecular flexibility index (Phi) is 3.82. The molecule has 0 atom stereocenters. The van der Waals surface area contributed by atoms with Gasteiger partial charge in [0.05, 0.1) is 5.02 Å². The normalized spacial score (nSPS) is 24.6. The maximum absolute atomic E-state index is 13.0. The van der Waals surface area contributed by atoms with Crippen LogP contribution in [0.1, 0.15) is 43.0 Å². The van der Waals surface area contributed by atoms with E-state index in [1.807, 2.05) is 0 Å². The number of benzene rings is 1. The second-order valence-corrected chi connectivity index (χ2v) is 5.36. The summed E-state index contributed by atoms with van der Waals surface area (Å²) in [5, 5.41) is 0.0278. The SMILES string of the molecule is CC1CCC(C(=O)c2ccc(F)c(Cl)c2)CC1. The molecule has 0 radical (unpaired) electrons. The van der Waals surface area contributed by atoms with Crippen LogP contribution < -0.4 is 0 Å². The van der Waals surface area contributed by atoms with Crippen LogP contribution in [0, 0.1) is 17.7 Å². The van der Waals surface area contributed by atoms with Gasteiger partial charge in [-0.05, 0) is 37.0 Å². The van der Waals surface area contributed by atoms with Crippen LogP contribution in [0.15, 0.2) is 18.2 Å². The van der Waals surface area contributed by atoms with Crippen molar-refractivity contribution in [1.82, 2.24) is 0 Å². The molecule has 92 valence electrons. The highest BCUT2D eigenvalue weighted by Crippen LogP contribution is 2.31. The van der Waals surface area contributed by atoms with Crippen LogP contribution in [-0.4, -0.2) is 5.78 Å². The minimum absolute atomic E-state index is 0.0278. The fourth-order valence-electron chi connectivity index (χ4n) is 2.41. The van der Waals surface area contributed by atoms with Crippen molar-refractivity contribution in [3.05, 3.63) is 34.6 Å². The lowest BCUT2D eigenvalue weighted by atomic mass is 9.79. The van der Waals surface area contributed by atoms with E-state index in [9.17, 15) is 9.18 Å². The number of carbonyl (C=O) groups is 1. The van der Waals surface area contributed by atoms with Crippen molar-refractivity contribution in [2.75, 3.05) is 0 Å². The summed E-state index contributed by atoms with van der Waals surface area (Å²) in [6, 6.07) is 4.24. The summed E-state index contributed by atoms with van der Waals surface area (Å²) in [5.74, 6) is 0.447. The van der Waals surface area contributed by atoms with E-state index in [0.29, 0.717) is 5.56 Å². The van der Waals surface area contributed by atoms with E-state index in [2.05, 4.69) is 6.92 Å². The van der Waals surface area contributed by atoms with Gasteiger partial charge in [-0.1, -0.05) is 31.4 Å². The van der Waals surface area contributed by atoms with Crippen molar-refractivity contribution in [3.63, 3.8) is 0 Å². The minimum Gasteiger partial charge on any atom is -0.294 e. The lowest BCUT2D eigenvalue weighted by Gasteiger charge is -2.25. The molecule has 1 fully saturated rings. The molecule has 1 aliphatic carbocycles. The molecule has 0 heterocycles. The first kappa shape index (κ1) is 12.6. The highest BCUT2D eigenvalue weighted by molar-refractivity contribution is 6.31.